The van der Waals surface area contributed by atoms with Gasteiger partial charge in [0.15, 0.2) is 0 Å². The quantitative estimate of drug-likeness (QED) is 0.739. The number of ether oxygens (including phenoxy) is 1. The van der Waals surface area contributed by atoms with Crippen molar-refractivity contribution in [2.75, 3.05) is 24.7 Å². The molecule has 0 bridgehead atoms. The van der Waals surface area contributed by atoms with Crippen LogP contribution < -0.4 is 9.04 Å². The Morgan fingerprint density at radius 1 is 1.64 bits per heavy atom. The average molecular weight is 217 g/mol. The lowest BCUT2D eigenvalue weighted by molar-refractivity contribution is 0.398. The van der Waals surface area contributed by atoms with Crippen LogP contribution in [0.5, 0.6) is 5.88 Å². The monoisotopic (exact) mass is 217 g/mol. The summed E-state index contributed by atoms with van der Waals surface area (Å²) in [5, 5.41) is 0. The van der Waals surface area contributed by atoms with Gasteiger partial charge in [-0.15, -0.1) is 0 Å². The van der Waals surface area contributed by atoms with E-state index in [4.69, 9.17) is 6.11 Å². The molecule has 0 aromatic carbocycles. The second-order valence-corrected chi connectivity index (χ2v) is 4.70. The Balaban J connectivity index is 3.24. The number of aromatic nitrogens is 1. The van der Waals surface area contributed by atoms with Gasteiger partial charge in [0, 0.05) is 13.1 Å². The second-order valence-electron chi connectivity index (χ2n) is 2.69. The molecular formula is C8H12N2O3S. The third-order valence-corrected chi connectivity index (χ3v) is 2.83. The van der Waals surface area contributed by atoms with E-state index in [-0.39, 0.29) is 17.7 Å². The van der Waals surface area contributed by atoms with Crippen LogP contribution in [0.4, 0.5) is 5.82 Å². The number of pyridine rings is 1. The molecule has 6 heteroatoms. The summed E-state index contributed by atoms with van der Waals surface area (Å²) < 4.78 is 35.8. The minimum Gasteiger partial charge on any atom is -0.481 e. The van der Waals surface area contributed by atoms with Crippen molar-refractivity contribution in [3.63, 3.8) is 0 Å². The van der Waals surface area contributed by atoms with E-state index in [1.807, 2.05) is 0 Å². The molecule has 0 fully saturated rings. The summed E-state index contributed by atoms with van der Waals surface area (Å²) in [5.74, 6) is 0.327. The summed E-state index contributed by atoms with van der Waals surface area (Å²) >= 11 is 0. The molecule has 5 nitrogen and oxygen atoms in total. The smallest absolute Gasteiger partial charge is 0.233 e. The minimum atomic E-state index is -3.41. The van der Waals surface area contributed by atoms with Crippen LogP contribution in [0.25, 0.3) is 0 Å². The predicted molar refractivity (Wildman–Crippen MR) is 54.0 cm³/mol. The predicted octanol–water partition coefficient (Wildman–Crippen LogP) is 0.486. The Morgan fingerprint density at radius 2 is 2.29 bits per heavy atom. The van der Waals surface area contributed by atoms with Gasteiger partial charge in [0.1, 0.15) is 5.82 Å². The number of hydrogen-bond donors (Lipinski definition) is 0. The van der Waals surface area contributed by atoms with E-state index in [9.17, 15) is 8.42 Å². The normalized spacial score (nSPS) is 12.1. The summed E-state index contributed by atoms with van der Waals surface area (Å²) in [6.45, 7) is 0. The lowest BCUT2D eigenvalue weighted by atomic mass is 10.4. The molecule has 0 N–H and O–H groups in total. The van der Waals surface area contributed by atoms with Crippen molar-refractivity contribution in [3.8, 4) is 5.88 Å². The van der Waals surface area contributed by atoms with Crippen molar-refractivity contribution in [2.24, 2.45) is 0 Å². The average Bonchev–Trinajstić information content (AvgIpc) is 2.16. The van der Waals surface area contributed by atoms with Gasteiger partial charge in [0.2, 0.25) is 15.9 Å². The van der Waals surface area contributed by atoms with Gasteiger partial charge in [-0.2, -0.15) is 4.98 Å². The first-order valence-electron chi connectivity index (χ1n) is 4.32. The summed E-state index contributed by atoms with van der Waals surface area (Å²) in [7, 11) is -0.639. The maximum Gasteiger partial charge on any atom is 0.233 e. The second kappa shape index (κ2) is 3.83. The lowest BCUT2D eigenvalue weighted by Gasteiger charge is -2.15. The molecular weight excluding hydrogens is 204 g/mol. The highest BCUT2D eigenvalue weighted by Crippen LogP contribution is 2.15. The molecule has 0 saturated carbocycles. The number of hydrogen-bond acceptors (Lipinski definition) is 4. The van der Waals surface area contributed by atoms with Crippen molar-refractivity contribution >= 4 is 15.8 Å². The van der Waals surface area contributed by atoms with E-state index in [2.05, 4.69) is 4.98 Å². The van der Waals surface area contributed by atoms with Crippen LogP contribution in [0.1, 0.15) is 1.37 Å². The van der Waals surface area contributed by atoms with Crippen LogP contribution >= 0.6 is 0 Å². The van der Waals surface area contributed by atoms with Crippen molar-refractivity contribution in [1.29, 1.82) is 0 Å². The summed E-state index contributed by atoms with van der Waals surface area (Å²) in [6.07, 6.45) is 1.05. The number of rotatable bonds is 3. The molecule has 0 radical (unpaired) electrons. The van der Waals surface area contributed by atoms with Crippen molar-refractivity contribution in [2.45, 2.75) is 0 Å². The van der Waals surface area contributed by atoms with Crippen LogP contribution in [0.3, 0.4) is 0 Å². The van der Waals surface area contributed by atoms with Gasteiger partial charge in [-0.05, 0) is 6.04 Å². The van der Waals surface area contributed by atoms with Gasteiger partial charge < -0.3 is 4.74 Å². The highest BCUT2D eigenvalue weighted by Gasteiger charge is 2.13. The first-order valence-corrected chi connectivity index (χ1v) is 5.66. The van der Waals surface area contributed by atoms with E-state index in [1.54, 1.807) is 0 Å². The van der Waals surface area contributed by atoms with Gasteiger partial charge >= 0.3 is 0 Å². The first kappa shape index (κ1) is 9.26. The zero-order valence-corrected chi connectivity index (χ0v) is 9.00. The van der Waals surface area contributed by atoms with Gasteiger partial charge in [-0.3, -0.25) is 4.31 Å². The molecule has 0 atom stereocenters. The number of nitrogens with zero attached hydrogens (tertiary/aromatic N) is 2. The van der Waals surface area contributed by atoms with Crippen molar-refractivity contribution in [1.82, 2.24) is 4.98 Å². The zero-order valence-electron chi connectivity index (χ0n) is 9.18. The standard InChI is InChI=1S/C8H12N2O3S/c1-10(14(3,11)12)7-5-4-6-8(9-7)13-2/h4-6H,1-3H3/i5D. The SMILES string of the molecule is [2H]c1ccc(OC)nc1N(C)S(C)(=O)=O. The number of sulfonamides is 1. The zero-order chi connectivity index (χ0) is 11.6. The van der Waals surface area contributed by atoms with Crippen molar-refractivity contribution < 1.29 is 14.5 Å². The summed E-state index contributed by atoms with van der Waals surface area (Å²) in [6, 6.07) is 2.97. The Morgan fingerprint density at radius 3 is 2.79 bits per heavy atom. The van der Waals surface area contributed by atoms with Crippen LogP contribution in [0.2, 0.25) is 0 Å². The fraction of sp³-hybridized carbons (Fsp3) is 0.375. The molecule has 0 aliphatic carbocycles. The van der Waals surface area contributed by atoms with E-state index >= 15 is 0 Å². The molecule has 0 saturated heterocycles. The molecule has 1 aromatic rings. The molecule has 0 aliphatic heterocycles. The van der Waals surface area contributed by atoms with Crippen LogP contribution in [-0.2, 0) is 10.0 Å². The molecule has 1 aromatic heterocycles. The Labute approximate surface area is 84.8 Å². The molecule has 0 spiro atoms. The van der Waals surface area contributed by atoms with Gasteiger partial charge in [-0.1, -0.05) is 6.07 Å². The topological polar surface area (TPSA) is 59.5 Å². The number of methoxy groups -OCH3 is 1. The van der Waals surface area contributed by atoms with E-state index < -0.39 is 10.0 Å². The Kier molecular flexibility index (Phi) is 2.53. The first-order chi connectivity index (χ1) is 6.86. The maximum absolute atomic E-state index is 11.2. The minimum absolute atomic E-state index is 0.0312. The van der Waals surface area contributed by atoms with E-state index in [0.717, 1.165) is 10.6 Å². The van der Waals surface area contributed by atoms with Gasteiger partial charge in [0.25, 0.3) is 0 Å². The van der Waals surface area contributed by atoms with Crippen molar-refractivity contribution in [3.05, 3.63) is 18.2 Å². The number of anilines is 1. The maximum atomic E-state index is 11.2. The fourth-order valence-corrected chi connectivity index (χ4v) is 1.20. The third-order valence-electron chi connectivity index (χ3n) is 1.66. The Bertz CT molecular complexity index is 461. The van der Waals surface area contributed by atoms with Gasteiger partial charge in [-0.25, -0.2) is 8.42 Å². The summed E-state index contributed by atoms with van der Waals surface area (Å²) in [4.78, 5) is 3.89. The molecule has 1 heterocycles. The highest BCUT2D eigenvalue weighted by atomic mass is 32.2. The molecule has 78 valence electrons. The molecule has 1 rings (SSSR count). The molecule has 0 unspecified atom stereocenters. The molecule has 0 amide bonds. The van der Waals surface area contributed by atoms with E-state index in [1.165, 1.54) is 26.3 Å². The van der Waals surface area contributed by atoms with Crippen LogP contribution in [0, 0.1) is 0 Å². The van der Waals surface area contributed by atoms with E-state index in [0.29, 0.717) is 0 Å². The van der Waals surface area contributed by atoms with Crippen LogP contribution in [-0.4, -0.2) is 33.8 Å². The largest absolute Gasteiger partial charge is 0.481 e. The highest BCUT2D eigenvalue weighted by molar-refractivity contribution is 7.92. The van der Waals surface area contributed by atoms with Gasteiger partial charge in [0.05, 0.1) is 14.7 Å². The third kappa shape index (κ3) is 2.35. The molecule has 0 aliphatic rings. The van der Waals surface area contributed by atoms with Crippen LogP contribution in [0.15, 0.2) is 18.2 Å². The summed E-state index contributed by atoms with van der Waals surface area (Å²) in [5.41, 5.74) is 0. The lowest BCUT2D eigenvalue weighted by Crippen LogP contribution is -2.25. The molecule has 14 heavy (non-hydrogen) atoms. The Hall–Kier alpha value is -1.30. The fourth-order valence-electron chi connectivity index (χ4n) is 0.793.